The molecule has 2 rings (SSSR count). The van der Waals surface area contributed by atoms with Gasteiger partial charge in [0.05, 0.1) is 36.9 Å². The Hall–Kier alpha value is -0.780. The zero-order chi connectivity index (χ0) is 10.7. The number of hydrogen-bond donors (Lipinski definition) is 0. The second-order valence-corrected chi connectivity index (χ2v) is 4.50. The molecule has 2 heterocycles. The Labute approximate surface area is 92.2 Å². The van der Waals surface area contributed by atoms with Crippen LogP contribution in [0.5, 0.6) is 0 Å². The molecule has 0 saturated carbocycles. The molecule has 1 aromatic rings. The third-order valence-electron chi connectivity index (χ3n) is 2.20. The molecule has 1 aromatic heterocycles. The summed E-state index contributed by atoms with van der Waals surface area (Å²) >= 11 is 1.56. The number of thiazole rings is 1. The van der Waals surface area contributed by atoms with Crippen molar-refractivity contribution < 1.29 is 14.3 Å². The molecule has 15 heavy (non-hydrogen) atoms. The van der Waals surface area contributed by atoms with Gasteiger partial charge in [-0.25, -0.2) is 4.98 Å². The number of rotatable bonds is 3. The van der Waals surface area contributed by atoms with Gasteiger partial charge >= 0.3 is 0 Å². The van der Waals surface area contributed by atoms with Gasteiger partial charge in [-0.15, -0.1) is 11.3 Å². The molecule has 0 spiro atoms. The topological polar surface area (TPSA) is 48.4 Å². The highest BCUT2D eigenvalue weighted by molar-refractivity contribution is 7.09. The van der Waals surface area contributed by atoms with Gasteiger partial charge in [0.25, 0.3) is 0 Å². The zero-order valence-electron chi connectivity index (χ0n) is 8.56. The number of nitrogens with zero attached hydrogens (tertiary/aromatic N) is 1. The number of aryl methyl sites for hydroxylation is 1. The summed E-state index contributed by atoms with van der Waals surface area (Å²) in [5, 5.41) is 2.90. The van der Waals surface area contributed by atoms with Crippen molar-refractivity contribution in [3.63, 3.8) is 0 Å². The molecular weight excluding hydrogens is 214 g/mol. The summed E-state index contributed by atoms with van der Waals surface area (Å²) < 4.78 is 10.5. The first-order chi connectivity index (χ1) is 7.25. The largest absolute Gasteiger partial charge is 0.376 e. The Kier molecular flexibility index (Phi) is 3.45. The highest BCUT2D eigenvalue weighted by Crippen LogP contribution is 2.11. The summed E-state index contributed by atoms with van der Waals surface area (Å²) in [6, 6.07) is 0. The molecule has 0 N–H and O–H groups in total. The number of Topliss-reactive ketones (excluding diaryl/α,β-unsaturated/α-hetero) is 1. The Morgan fingerprint density at radius 3 is 3.13 bits per heavy atom. The van der Waals surface area contributed by atoms with Crippen molar-refractivity contribution in [2.24, 2.45) is 0 Å². The molecule has 5 heteroatoms. The molecule has 1 atom stereocenters. The van der Waals surface area contributed by atoms with Crippen molar-refractivity contribution >= 4 is 17.1 Å². The van der Waals surface area contributed by atoms with E-state index >= 15 is 0 Å². The summed E-state index contributed by atoms with van der Waals surface area (Å²) in [5.74, 6) is 0.0556. The quantitative estimate of drug-likeness (QED) is 0.772. The van der Waals surface area contributed by atoms with Crippen LogP contribution in [0.3, 0.4) is 0 Å². The molecule has 1 saturated heterocycles. The fourth-order valence-electron chi connectivity index (χ4n) is 1.46. The maximum Gasteiger partial charge on any atom is 0.169 e. The Bertz CT molecular complexity index is 344. The average Bonchev–Trinajstić information content (AvgIpc) is 2.65. The van der Waals surface area contributed by atoms with E-state index in [0.29, 0.717) is 26.2 Å². The van der Waals surface area contributed by atoms with E-state index in [0.717, 1.165) is 10.7 Å². The van der Waals surface area contributed by atoms with Gasteiger partial charge in [0, 0.05) is 5.38 Å². The standard InChI is InChI=1S/C10H13NO3S/c1-7-11-8(6-15-7)4-9(12)10-5-13-2-3-14-10/h6,10H,2-5H2,1H3. The van der Waals surface area contributed by atoms with Crippen LogP contribution in [-0.4, -0.2) is 36.7 Å². The third kappa shape index (κ3) is 2.84. The number of aromatic nitrogens is 1. The van der Waals surface area contributed by atoms with Crippen LogP contribution in [0.2, 0.25) is 0 Å². The van der Waals surface area contributed by atoms with Gasteiger partial charge < -0.3 is 9.47 Å². The van der Waals surface area contributed by atoms with Crippen LogP contribution in [0.4, 0.5) is 0 Å². The molecule has 1 aliphatic rings. The van der Waals surface area contributed by atoms with E-state index in [2.05, 4.69) is 4.98 Å². The molecule has 82 valence electrons. The van der Waals surface area contributed by atoms with E-state index in [4.69, 9.17) is 9.47 Å². The summed E-state index contributed by atoms with van der Waals surface area (Å²) in [6.45, 7) is 3.40. The summed E-state index contributed by atoms with van der Waals surface area (Å²) in [6.07, 6.45) is -0.0565. The molecule has 1 unspecified atom stereocenters. The Morgan fingerprint density at radius 1 is 1.67 bits per heavy atom. The van der Waals surface area contributed by atoms with E-state index in [1.54, 1.807) is 11.3 Å². The third-order valence-corrected chi connectivity index (χ3v) is 3.02. The van der Waals surface area contributed by atoms with E-state index in [9.17, 15) is 4.79 Å². The van der Waals surface area contributed by atoms with Crippen LogP contribution in [0, 0.1) is 6.92 Å². The van der Waals surface area contributed by atoms with Gasteiger partial charge in [0.15, 0.2) is 5.78 Å². The first kappa shape index (κ1) is 10.7. The van der Waals surface area contributed by atoms with Gasteiger partial charge in [-0.2, -0.15) is 0 Å². The zero-order valence-corrected chi connectivity index (χ0v) is 9.38. The van der Waals surface area contributed by atoms with E-state index in [1.165, 1.54) is 0 Å². The summed E-state index contributed by atoms with van der Waals surface area (Å²) in [7, 11) is 0. The van der Waals surface area contributed by atoms with Crippen molar-refractivity contribution in [3.8, 4) is 0 Å². The lowest BCUT2D eigenvalue weighted by atomic mass is 10.1. The first-order valence-electron chi connectivity index (χ1n) is 4.89. The summed E-state index contributed by atoms with van der Waals surface area (Å²) in [5.41, 5.74) is 0.830. The van der Waals surface area contributed by atoms with Gasteiger partial charge in [-0.1, -0.05) is 0 Å². The maximum atomic E-state index is 11.7. The minimum Gasteiger partial charge on any atom is -0.376 e. The Morgan fingerprint density at radius 2 is 2.53 bits per heavy atom. The number of carbonyl (C=O) groups is 1. The number of hydrogen-bond acceptors (Lipinski definition) is 5. The van der Waals surface area contributed by atoms with Gasteiger partial charge in [-0.05, 0) is 6.92 Å². The molecule has 4 nitrogen and oxygen atoms in total. The molecular formula is C10H13NO3S. The van der Waals surface area contributed by atoms with Crippen LogP contribution in [0.15, 0.2) is 5.38 Å². The smallest absolute Gasteiger partial charge is 0.169 e. The fourth-order valence-corrected chi connectivity index (χ4v) is 2.07. The predicted molar refractivity (Wildman–Crippen MR) is 56.1 cm³/mol. The molecule has 1 aliphatic heterocycles. The minimum absolute atomic E-state index is 0.0556. The second-order valence-electron chi connectivity index (χ2n) is 3.44. The number of carbonyl (C=O) groups excluding carboxylic acids is 1. The fraction of sp³-hybridized carbons (Fsp3) is 0.600. The molecule has 1 fully saturated rings. The van der Waals surface area contributed by atoms with E-state index < -0.39 is 6.10 Å². The normalized spacial score (nSPS) is 21.5. The first-order valence-corrected chi connectivity index (χ1v) is 5.77. The lowest BCUT2D eigenvalue weighted by Crippen LogP contribution is -2.36. The minimum atomic E-state index is -0.402. The van der Waals surface area contributed by atoms with Crippen molar-refractivity contribution in [2.75, 3.05) is 19.8 Å². The predicted octanol–water partition coefficient (Wildman–Crippen LogP) is 0.979. The van der Waals surface area contributed by atoms with Gasteiger partial charge in [-0.3, -0.25) is 4.79 Å². The lowest BCUT2D eigenvalue weighted by Gasteiger charge is -2.21. The van der Waals surface area contributed by atoms with Gasteiger partial charge in [0.1, 0.15) is 6.10 Å². The summed E-state index contributed by atoms with van der Waals surface area (Å²) in [4.78, 5) is 16.0. The number of ether oxygens (including phenoxy) is 2. The number of ketones is 1. The molecule has 0 aromatic carbocycles. The van der Waals surface area contributed by atoms with Crippen LogP contribution in [0.1, 0.15) is 10.7 Å². The molecule has 0 aliphatic carbocycles. The van der Waals surface area contributed by atoms with E-state index in [-0.39, 0.29) is 5.78 Å². The van der Waals surface area contributed by atoms with Crippen molar-refractivity contribution in [3.05, 3.63) is 16.1 Å². The lowest BCUT2D eigenvalue weighted by molar-refractivity contribution is -0.144. The Balaban J connectivity index is 1.91. The SMILES string of the molecule is Cc1nc(CC(=O)C2COCCO2)cs1. The van der Waals surface area contributed by atoms with Gasteiger partial charge in [0.2, 0.25) is 0 Å². The molecule has 0 bridgehead atoms. The highest BCUT2D eigenvalue weighted by Gasteiger charge is 2.23. The highest BCUT2D eigenvalue weighted by atomic mass is 32.1. The van der Waals surface area contributed by atoms with Crippen LogP contribution in [-0.2, 0) is 20.7 Å². The van der Waals surface area contributed by atoms with E-state index in [1.807, 2.05) is 12.3 Å². The van der Waals surface area contributed by atoms with Crippen molar-refractivity contribution in [1.29, 1.82) is 0 Å². The van der Waals surface area contributed by atoms with Crippen LogP contribution in [0.25, 0.3) is 0 Å². The van der Waals surface area contributed by atoms with Crippen molar-refractivity contribution in [1.82, 2.24) is 4.98 Å². The second kappa shape index (κ2) is 4.83. The average molecular weight is 227 g/mol. The monoisotopic (exact) mass is 227 g/mol. The van der Waals surface area contributed by atoms with Crippen LogP contribution >= 0.6 is 11.3 Å². The maximum absolute atomic E-state index is 11.7. The van der Waals surface area contributed by atoms with Crippen LogP contribution < -0.4 is 0 Å². The van der Waals surface area contributed by atoms with Crippen molar-refractivity contribution in [2.45, 2.75) is 19.4 Å². The molecule has 0 amide bonds. The molecule has 0 radical (unpaired) electrons.